The Labute approximate surface area is 216 Å². The van der Waals surface area contributed by atoms with Crippen LogP contribution in [-0.2, 0) is 4.79 Å². The molecule has 2 aliphatic heterocycles. The summed E-state index contributed by atoms with van der Waals surface area (Å²) in [4.78, 5) is 23.2. The van der Waals surface area contributed by atoms with Gasteiger partial charge in [-0.1, -0.05) is 35.5 Å². The first-order valence-corrected chi connectivity index (χ1v) is 11.6. The van der Waals surface area contributed by atoms with E-state index < -0.39 is 5.97 Å². The lowest BCUT2D eigenvalue weighted by molar-refractivity contribution is -0.134. The van der Waals surface area contributed by atoms with Crippen LogP contribution in [0.4, 0.5) is 11.5 Å². The highest BCUT2D eigenvalue weighted by molar-refractivity contribution is 7.99. The molecule has 1 aromatic carbocycles. The molecule has 3 heterocycles. The second kappa shape index (κ2) is 14.9. The third-order valence-electron chi connectivity index (χ3n) is 5.17. The number of fused-ring (bicyclic) bond motifs is 2. The van der Waals surface area contributed by atoms with Gasteiger partial charge in [0.15, 0.2) is 0 Å². The molecule has 33 heavy (non-hydrogen) atoms. The van der Waals surface area contributed by atoms with E-state index in [4.69, 9.17) is 26.6 Å². The molecule has 0 radical (unpaired) electrons. The number of hydrogen-bond donors (Lipinski definition) is 2. The van der Waals surface area contributed by atoms with Gasteiger partial charge < -0.3 is 20.0 Å². The molecule has 0 amide bonds. The van der Waals surface area contributed by atoms with E-state index in [-0.39, 0.29) is 31.4 Å². The minimum absolute atomic E-state index is 0. The SMILES string of the molecule is CC(=O)O.Cl.Cl.OCCN1CCN(CCCN2c3ccccc3Sc3cc(Cl)cnc32)CC1. The quantitative estimate of drug-likeness (QED) is 0.565. The van der Waals surface area contributed by atoms with Crippen LogP contribution in [0.25, 0.3) is 0 Å². The Morgan fingerprint density at radius 1 is 1.06 bits per heavy atom. The Morgan fingerprint density at radius 2 is 1.67 bits per heavy atom. The van der Waals surface area contributed by atoms with Crippen molar-refractivity contribution in [2.24, 2.45) is 0 Å². The first kappa shape index (κ1) is 29.8. The van der Waals surface area contributed by atoms with Gasteiger partial charge >= 0.3 is 0 Å². The maximum absolute atomic E-state index is 9.07. The number of rotatable bonds is 6. The zero-order chi connectivity index (χ0) is 22.2. The van der Waals surface area contributed by atoms with Crippen LogP contribution in [0.5, 0.6) is 0 Å². The van der Waals surface area contributed by atoms with Crippen molar-refractivity contribution >= 4 is 65.7 Å². The highest BCUT2D eigenvalue weighted by atomic mass is 35.5. The van der Waals surface area contributed by atoms with Crippen LogP contribution in [0.3, 0.4) is 0 Å². The van der Waals surface area contributed by atoms with Gasteiger partial charge in [-0.3, -0.25) is 9.69 Å². The van der Waals surface area contributed by atoms with Gasteiger partial charge in [-0.2, -0.15) is 0 Å². The van der Waals surface area contributed by atoms with Crippen LogP contribution in [0.1, 0.15) is 13.3 Å². The standard InChI is InChI=1S/C20H25ClN4OS.C2H4O2.2ClH/c21-16-14-19-20(22-15-16)25(17-4-1-2-5-18(17)27-19)7-3-6-23-8-10-24(11-9-23)12-13-26;1-2(3)4;;/h1-2,4-5,14-15,26H,3,6-13H2;1H3,(H,3,4);2*1H. The number of pyridine rings is 1. The van der Waals surface area contributed by atoms with Crippen LogP contribution in [-0.4, -0.2) is 83.4 Å². The lowest BCUT2D eigenvalue weighted by Crippen LogP contribution is -2.47. The lowest BCUT2D eigenvalue weighted by atomic mass is 10.2. The molecule has 0 atom stereocenters. The summed E-state index contributed by atoms with van der Waals surface area (Å²) < 4.78 is 0. The van der Waals surface area contributed by atoms with Crippen LogP contribution in [0.15, 0.2) is 46.3 Å². The molecule has 0 spiro atoms. The number of nitrogens with zero attached hydrogens (tertiary/aromatic N) is 4. The summed E-state index contributed by atoms with van der Waals surface area (Å²) in [6.07, 6.45) is 2.82. The number of carboxylic acid groups (broad SMARTS) is 1. The van der Waals surface area contributed by atoms with E-state index in [1.807, 2.05) is 6.07 Å². The summed E-state index contributed by atoms with van der Waals surface area (Å²) in [5.74, 6) is 0.177. The molecule has 184 valence electrons. The van der Waals surface area contributed by atoms with Crippen molar-refractivity contribution in [1.29, 1.82) is 0 Å². The topological polar surface area (TPSA) is 80.1 Å². The van der Waals surface area contributed by atoms with Crippen molar-refractivity contribution in [1.82, 2.24) is 14.8 Å². The number of carboxylic acids is 1. The maximum Gasteiger partial charge on any atom is 0.300 e. The summed E-state index contributed by atoms with van der Waals surface area (Å²) in [5, 5.41) is 17.2. The number of aliphatic carboxylic acids is 1. The third kappa shape index (κ3) is 8.79. The number of aromatic nitrogens is 1. The molecule has 1 fully saturated rings. The normalized spacial score (nSPS) is 15.2. The number of β-amino-alcohol motifs (C(OH)–C–C–N with tert-alkyl or cyclic N) is 1. The smallest absolute Gasteiger partial charge is 0.300 e. The monoisotopic (exact) mass is 536 g/mol. The van der Waals surface area contributed by atoms with E-state index in [9.17, 15) is 0 Å². The van der Waals surface area contributed by atoms with Crippen LogP contribution in [0.2, 0.25) is 5.02 Å². The van der Waals surface area contributed by atoms with Crippen LogP contribution >= 0.6 is 48.2 Å². The van der Waals surface area contributed by atoms with Gasteiger partial charge in [-0.25, -0.2) is 4.98 Å². The predicted octanol–water partition coefficient (Wildman–Crippen LogP) is 4.27. The number of hydrogen-bond acceptors (Lipinski definition) is 7. The van der Waals surface area contributed by atoms with Gasteiger partial charge in [-0.15, -0.1) is 24.8 Å². The second-order valence-electron chi connectivity index (χ2n) is 7.48. The molecule has 4 rings (SSSR count). The minimum Gasteiger partial charge on any atom is -0.481 e. The number of aliphatic hydroxyl groups is 1. The molecule has 11 heteroatoms. The van der Waals surface area contributed by atoms with Crippen molar-refractivity contribution in [3.8, 4) is 0 Å². The average Bonchev–Trinajstić information content (AvgIpc) is 2.74. The van der Waals surface area contributed by atoms with Crippen molar-refractivity contribution in [3.05, 3.63) is 41.6 Å². The lowest BCUT2D eigenvalue weighted by Gasteiger charge is -2.35. The first-order chi connectivity index (χ1) is 15.0. The molecule has 0 unspecified atom stereocenters. The van der Waals surface area contributed by atoms with Crippen molar-refractivity contribution in [2.75, 3.05) is 57.3 Å². The fraction of sp³-hybridized carbons (Fsp3) is 0.455. The summed E-state index contributed by atoms with van der Waals surface area (Å²) in [7, 11) is 0. The molecule has 2 N–H and O–H groups in total. The van der Waals surface area contributed by atoms with Gasteiger partial charge in [0.25, 0.3) is 5.97 Å². The largest absolute Gasteiger partial charge is 0.481 e. The molecule has 1 aromatic heterocycles. The fourth-order valence-electron chi connectivity index (χ4n) is 3.75. The predicted molar refractivity (Wildman–Crippen MR) is 139 cm³/mol. The van der Waals surface area contributed by atoms with E-state index in [2.05, 4.69) is 43.9 Å². The molecule has 1 saturated heterocycles. The number of para-hydroxylation sites is 1. The second-order valence-corrected chi connectivity index (χ2v) is 9.00. The highest BCUT2D eigenvalue weighted by Gasteiger charge is 2.25. The summed E-state index contributed by atoms with van der Waals surface area (Å²) in [6.45, 7) is 8.41. The molecule has 0 bridgehead atoms. The van der Waals surface area contributed by atoms with Crippen molar-refractivity contribution in [2.45, 2.75) is 23.1 Å². The number of piperazine rings is 1. The Balaban J connectivity index is 0.000000842. The highest BCUT2D eigenvalue weighted by Crippen LogP contribution is 2.47. The van der Waals surface area contributed by atoms with Crippen LogP contribution < -0.4 is 4.90 Å². The molecule has 2 aromatic rings. The Kier molecular flexibility index (Phi) is 13.4. The van der Waals surface area contributed by atoms with Gasteiger partial charge in [0.1, 0.15) is 5.82 Å². The minimum atomic E-state index is -0.833. The molecule has 7 nitrogen and oxygen atoms in total. The van der Waals surface area contributed by atoms with E-state index in [1.165, 1.54) is 10.6 Å². The summed E-state index contributed by atoms with van der Waals surface area (Å²) in [6, 6.07) is 10.5. The molecular formula is C22H31Cl3N4O3S. The van der Waals surface area contributed by atoms with Gasteiger partial charge in [0.05, 0.1) is 22.2 Å². The fourth-order valence-corrected chi connectivity index (χ4v) is 5.08. The number of anilines is 2. The average molecular weight is 538 g/mol. The summed E-state index contributed by atoms with van der Waals surface area (Å²) >= 11 is 7.91. The van der Waals surface area contributed by atoms with Gasteiger partial charge in [0, 0.05) is 57.3 Å². The third-order valence-corrected chi connectivity index (χ3v) is 6.46. The molecule has 0 saturated carbocycles. The van der Waals surface area contributed by atoms with Gasteiger partial charge in [0.2, 0.25) is 0 Å². The maximum atomic E-state index is 9.07. The van der Waals surface area contributed by atoms with E-state index in [0.29, 0.717) is 5.02 Å². The summed E-state index contributed by atoms with van der Waals surface area (Å²) in [5.41, 5.74) is 1.23. The molecular weight excluding hydrogens is 507 g/mol. The zero-order valence-corrected chi connectivity index (χ0v) is 21.7. The van der Waals surface area contributed by atoms with Gasteiger partial charge in [-0.05, 0) is 31.2 Å². The molecule has 0 aliphatic carbocycles. The number of aliphatic hydroxyl groups excluding tert-OH is 1. The number of carbonyl (C=O) groups is 1. The van der Waals surface area contributed by atoms with E-state index in [0.717, 1.165) is 69.9 Å². The Bertz CT molecular complexity index is 882. The van der Waals surface area contributed by atoms with E-state index in [1.54, 1.807) is 18.0 Å². The van der Waals surface area contributed by atoms with Crippen molar-refractivity contribution in [3.63, 3.8) is 0 Å². The zero-order valence-electron chi connectivity index (χ0n) is 18.5. The first-order valence-electron chi connectivity index (χ1n) is 10.4. The Hall–Kier alpha value is -1.26. The van der Waals surface area contributed by atoms with Crippen LogP contribution in [0, 0.1) is 0 Å². The van der Waals surface area contributed by atoms with E-state index >= 15 is 0 Å². The van der Waals surface area contributed by atoms with Crippen molar-refractivity contribution < 1.29 is 15.0 Å². The number of benzene rings is 1. The molecule has 2 aliphatic rings. The number of halogens is 3. The Morgan fingerprint density at radius 3 is 2.30 bits per heavy atom.